The minimum Gasteiger partial charge on any atom is -0.368 e. The molecule has 0 saturated carbocycles. The average Bonchev–Trinajstić information content (AvgIpc) is 2.75. The number of hydrogen-bond acceptors (Lipinski definition) is 4. The lowest BCUT2D eigenvalue weighted by molar-refractivity contribution is -0.112. The Kier molecular flexibility index (Phi) is 9.79. The van der Waals surface area contributed by atoms with Crippen LogP contribution in [0.1, 0.15) is 36.7 Å². The van der Waals surface area contributed by atoms with Gasteiger partial charge in [-0.1, -0.05) is 31.2 Å². The quantitative estimate of drug-likeness (QED) is 0.440. The molecule has 2 atom stereocenters. The van der Waals surface area contributed by atoms with E-state index in [0.29, 0.717) is 36.1 Å². The van der Waals surface area contributed by atoms with Crippen LogP contribution in [0.2, 0.25) is 0 Å². The Balaban J connectivity index is 0.00000241. The van der Waals surface area contributed by atoms with E-state index in [1.54, 1.807) is 6.92 Å². The lowest BCUT2D eigenvalue weighted by Crippen LogP contribution is -2.46. The molecule has 1 aliphatic heterocycles. The summed E-state index contributed by atoms with van der Waals surface area (Å²) in [6.45, 7) is 6.89. The molecule has 2 heterocycles. The molecule has 0 spiro atoms. The first-order valence-corrected chi connectivity index (χ1v) is 11.5. The molecule has 2 aliphatic rings. The summed E-state index contributed by atoms with van der Waals surface area (Å²) in [5, 5.41) is 2.68. The second kappa shape index (κ2) is 11.8. The minimum absolute atomic E-state index is 0. The number of rotatable bonds is 4. The van der Waals surface area contributed by atoms with Crippen LogP contribution in [0.3, 0.4) is 0 Å². The van der Waals surface area contributed by atoms with Gasteiger partial charge in [0.2, 0.25) is 0 Å². The van der Waals surface area contributed by atoms with Crippen molar-refractivity contribution in [2.75, 3.05) is 23.3 Å². The summed E-state index contributed by atoms with van der Waals surface area (Å²) in [7, 11) is 0. The molecule has 1 aromatic carbocycles. The molecule has 11 heteroatoms. The largest absolute Gasteiger partial charge is 0.368 e. The molecule has 202 valence electrons. The molecule has 4 rings (SSSR count). The van der Waals surface area contributed by atoms with Gasteiger partial charge in [0.15, 0.2) is 0 Å². The van der Waals surface area contributed by atoms with Gasteiger partial charge in [-0.3, -0.25) is 9.78 Å². The smallest absolute Gasteiger partial charge is 0.280 e. The van der Waals surface area contributed by atoms with Crippen LogP contribution in [0, 0.1) is 25.6 Å². The fraction of sp³-hybridized carbons (Fsp3) is 0.385. The standard InChI is InChI=1S/C26H28F4N4O.2ClH/c1-14-10-17(31)13-34(12-14)21-11-15(2)32-16(3)24(21)33-25(35)19-8-9-26(29,30)22(23(19)28)18-6-4-5-7-20(18)27;;/h4-8,11,14,17H,9-10,12-13,31H2,1-3H3,(H,33,35);2*1H/t14-,17+;;/m1../s1. The Morgan fingerprint density at radius 1 is 1.16 bits per heavy atom. The van der Waals surface area contributed by atoms with Gasteiger partial charge >= 0.3 is 0 Å². The zero-order chi connectivity index (χ0) is 25.5. The highest BCUT2D eigenvalue weighted by Gasteiger charge is 2.43. The number of pyridine rings is 1. The summed E-state index contributed by atoms with van der Waals surface area (Å²) in [6.07, 6.45) is 0.797. The van der Waals surface area contributed by atoms with E-state index >= 15 is 4.39 Å². The van der Waals surface area contributed by atoms with Gasteiger partial charge in [-0.2, -0.15) is 0 Å². The van der Waals surface area contributed by atoms with Gasteiger partial charge in [0.25, 0.3) is 11.8 Å². The van der Waals surface area contributed by atoms with Gasteiger partial charge in [-0.15, -0.1) is 24.8 Å². The van der Waals surface area contributed by atoms with E-state index in [1.807, 2.05) is 13.0 Å². The normalized spacial score (nSPS) is 21.0. The third-order valence-corrected chi connectivity index (χ3v) is 6.35. The number of nitrogens with one attached hydrogen (secondary N) is 1. The predicted octanol–water partition coefficient (Wildman–Crippen LogP) is 6.14. The minimum atomic E-state index is -3.66. The third kappa shape index (κ3) is 6.27. The molecular weight excluding hydrogens is 531 g/mol. The molecule has 1 amide bonds. The number of carbonyl (C=O) groups is 1. The second-order valence-corrected chi connectivity index (χ2v) is 9.40. The molecule has 2 aromatic rings. The van der Waals surface area contributed by atoms with Crippen molar-refractivity contribution in [2.45, 2.75) is 45.6 Å². The van der Waals surface area contributed by atoms with Gasteiger partial charge in [0.05, 0.1) is 28.2 Å². The van der Waals surface area contributed by atoms with E-state index in [1.165, 1.54) is 12.1 Å². The average molecular weight is 561 g/mol. The lowest BCUT2D eigenvalue weighted by Gasteiger charge is -2.37. The summed E-state index contributed by atoms with van der Waals surface area (Å²) < 4.78 is 59.0. The molecule has 0 bridgehead atoms. The highest BCUT2D eigenvalue weighted by Crippen LogP contribution is 2.45. The molecule has 0 unspecified atom stereocenters. The number of aryl methyl sites for hydroxylation is 2. The molecule has 0 radical (unpaired) electrons. The van der Waals surface area contributed by atoms with E-state index in [2.05, 4.69) is 22.1 Å². The van der Waals surface area contributed by atoms with Crippen molar-refractivity contribution in [3.05, 3.63) is 70.6 Å². The summed E-state index contributed by atoms with van der Waals surface area (Å²) in [5.74, 6) is -6.69. The Hall–Kier alpha value is -2.62. The fourth-order valence-corrected chi connectivity index (χ4v) is 4.88. The maximum absolute atomic E-state index is 15.4. The number of carbonyl (C=O) groups excluding carboxylic acids is 1. The Morgan fingerprint density at radius 2 is 1.84 bits per heavy atom. The molecule has 1 fully saturated rings. The second-order valence-electron chi connectivity index (χ2n) is 9.40. The number of halogens is 6. The predicted molar refractivity (Wildman–Crippen MR) is 143 cm³/mol. The zero-order valence-corrected chi connectivity index (χ0v) is 22.3. The maximum Gasteiger partial charge on any atom is 0.280 e. The van der Waals surface area contributed by atoms with Gasteiger partial charge in [-0.25, -0.2) is 17.6 Å². The molecular formula is C26H30Cl2F4N4O. The van der Waals surface area contributed by atoms with Gasteiger partial charge in [0.1, 0.15) is 11.6 Å². The molecule has 5 nitrogen and oxygen atoms in total. The SMILES string of the molecule is Cc1cc(N2C[C@H](C)C[C@H](N)C2)c(NC(=O)C2=CCC(F)(F)C(c3ccccc3F)=C2F)c(C)n1.Cl.Cl. The first-order valence-electron chi connectivity index (χ1n) is 11.5. The molecule has 3 N–H and O–H groups in total. The van der Waals surface area contributed by atoms with E-state index in [4.69, 9.17) is 5.73 Å². The van der Waals surface area contributed by atoms with E-state index in [-0.39, 0.29) is 30.9 Å². The van der Waals surface area contributed by atoms with Gasteiger partial charge in [0, 0.05) is 36.8 Å². The van der Waals surface area contributed by atoms with Crippen LogP contribution in [0.25, 0.3) is 5.57 Å². The summed E-state index contributed by atoms with van der Waals surface area (Å²) >= 11 is 0. The highest BCUT2D eigenvalue weighted by molar-refractivity contribution is 6.10. The Bertz CT molecular complexity index is 1230. The number of nitrogens with two attached hydrogens (primary N) is 1. The number of alkyl halides is 2. The number of nitrogens with zero attached hydrogens (tertiary/aromatic N) is 2. The number of hydrogen-bond donors (Lipinski definition) is 2. The number of anilines is 2. The van der Waals surface area contributed by atoms with Crippen molar-refractivity contribution >= 4 is 47.7 Å². The molecule has 37 heavy (non-hydrogen) atoms. The highest BCUT2D eigenvalue weighted by atomic mass is 35.5. The van der Waals surface area contributed by atoms with Crippen molar-refractivity contribution in [2.24, 2.45) is 11.7 Å². The summed E-state index contributed by atoms with van der Waals surface area (Å²) in [5.41, 5.74) is 6.23. The van der Waals surface area contributed by atoms with Crippen LogP contribution < -0.4 is 16.0 Å². The fourth-order valence-electron chi connectivity index (χ4n) is 4.88. The first kappa shape index (κ1) is 30.6. The first-order chi connectivity index (χ1) is 16.5. The van der Waals surface area contributed by atoms with Crippen LogP contribution in [-0.4, -0.2) is 35.9 Å². The topological polar surface area (TPSA) is 71.2 Å². The van der Waals surface area contributed by atoms with Crippen molar-refractivity contribution in [1.29, 1.82) is 0 Å². The van der Waals surface area contributed by atoms with Crippen molar-refractivity contribution in [3.63, 3.8) is 0 Å². The maximum atomic E-state index is 15.4. The summed E-state index contributed by atoms with van der Waals surface area (Å²) in [4.78, 5) is 19.7. The van der Waals surface area contributed by atoms with Crippen LogP contribution >= 0.6 is 24.8 Å². The van der Waals surface area contributed by atoms with Gasteiger partial charge < -0.3 is 16.0 Å². The van der Waals surface area contributed by atoms with Crippen LogP contribution in [0.15, 0.2) is 47.8 Å². The number of piperidine rings is 1. The van der Waals surface area contributed by atoms with E-state index in [0.717, 1.165) is 30.3 Å². The van der Waals surface area contributed by atoms with Crippen LogP contribution in [-0.2, 0) is 4.79 Å². The van der Waals surface area contributed by atoms with Crippen LogP contribution in [0.5, 0.6) is 0 Å². The van der Waals surface area contributed by atoms with Crippen LogP contribution in [0.4, 0.5) is 28.9 Å². The van der Waals surface area contributed by atoms with E-state index < -0.39 is 46.6 Å². The van der Waals surface area contributed by atoms with Crippen molar-refractivity contribution < 1.29 is 22.4 Å². The third-order valence-electron chi connectivity index (χ3n) is 6.35. The number of amides is 1. The molecule has 1 aliphatic carbocycles. The Labute approximate surface area is 226 Å². The van der Waals surface area contributed by atoms with Crippen molar-refractivity contribution in [1.82, 2.24) is 4.98 Å². The number of benzene rings is 1. The Morgan fingerprint density at radius 3 is 2.49 bits per heavy atom. The zero-order valence-electron chi connectivity index (χ0n) is 20.7. The lowest BCUT2D eigenvalue weighted by atomic mass is 9.88. The number of aromatic nitrogens is 1. The van der Waals surface area contributed by atoms with Gasteiger partial charge in [-0.05, 0) is 38.3 Å². The van der Waals surface area contributed by atoms with E-state index in [9.17, 15) is 18.0 Å². The summed E-state index contributed by atoms with van der Waals surface area (Å²) in [6, 6.07) is 6.47. The number of allylic oxidation sites excluding steroid dienone is 2. The monoisotopic (exact) mass is 560 g/mol. The molecule has 1 saturated heterocycles. The molecule has 1 aromatic heterocycles. The van der Waals surface area contributed by atoms with Crippen molar-refractivity contribution in [3.8, 4) is 0 Å².